The summed E-state index contributed by atoms with van der Waals surface area (Å²) < 4.78 is 38.9. The van der Waals surface area contributed by atoms with Crippen molar-refractivity contribution >= 4 is 26.9 Å². The number of hydrogen-bond donors (Lipinski definition) is 1. The Morgan fingerprint density at radius 2 is 2.10 bits per heavy atom. The summed E-state index contributed by atoms with van der Waals surface area (Å²) in [5.41, 5.74) is 5.13. The van der Waals surface area contributed by atoms with E-state index in [2.05, 4.69) is 37.3 Å². The SMILES string of the molecule is COc1cc(C2CC2)ccc1-c1nccc2c1CCN(S(=O)(=O)Nc1ncns1)C2. The smallest absolute Gasteiger partial charge is 0.303 e. The summed E-state index contributed by atoms with van der Waals surface area (Å²) in [5, 5.41) is 0.261. The van der Waals surface area contributed by atoms with Gasteiger partial charge in [-0.25, -0.2) is 9.71 Å². The van der Waals surface area contributed by atoms with Crippen molar-refractivity contribution in [2.45, 2.75) is 31.7 Å². The maximum absolute atomic E-state index is 12.7. The highest BCUT2D eigenvalue weighted by Crippen LogP contribution is 2.43. The number of methoxy groups -OCH3 is 1. The molecule has 1 aliphatic heterocycles. The lowest BCUT2D eigenvalue weighted by atomic mass is 9.94. The number of ether oxygens (including phenoxy) is 1. The summed E-state index contributed by atoms with van der Waals surface area (Å²) in [6.07, 6.45) is 6.10. The van der Waals surface area contributed by atoms with Crippen LogP contribution in [0.2, 0.25) is 0 Å². The van der Waals surface area contributed by atoms with Crippen LogP contribution in [0.4, 0.5) is 5.13 Å². The minimum atomic E-state index is -3.70. The zero-order valence-corrected chi connectivity index (χ0v) is 18.0. The maximum Gasteiger partial charge on any atom is 0.303 e. The molecule has 1 fully saturated rings. The van der Waals surface area contributed by atoms with Crippen LogP contribution in [0.5, 0.6) is 5.75 Å². The number of nitrogens with one attached hydrogen (secondary N) is 1. The second-order valence-electron chi connectivity index (χ2n) is 7.47. The molecular weight excluding hydrogens is 422 g/mol. The van der Waals surface area contributed by atoms with Gasteiger partial charge in [0.25, 0.3) is 0 Å². The molecule has 0 atom stereocenters. The van der Waals surface area contributed by atoms with Crippen molar-refractivity contribution in [3.8, 4) is 17.0 Å². The maximum atomic E-state index is 12.7. The quantitative estimate of drug-likeness (QED) is 0.628. The highest BCUT2D eigenvalue weighted by molar-refractivity contribution is 7.90. The number of pyridine rings is 1. The van der Waals surface area contributed by atoms with E-state index >= 15 is 0 Å². The first kappa shape index (κ1) is 19.4. The lowest BCUT2D eigenvalue weighted by Gasteiger charge is -2.29. The number of anilines is 1. The first-order valence-corrected chi connectivity index (χ1v) is 12.0. The van der Waals surface area contributed by atoms with E-state index < -0.39 is 10.2 Å². The molecule has 0 bridgehead atoms. The van der Waals surface area contributed by atoms with Gasteiger partial charge in [-0.3, -0.25) is 4.98 Å². The van der Waals surface area contributed by atoms with Gasteiger partial charge in [0.15, 0.2) is 0 Å². The van der Waals surface area contributed by atoms with Crippen molar-refractivity contribution in [3.63, 3.8) is 0 Å². The number of fused-ring (bicyclic) bond motifs is 1. The van der Waals surface area contributed by atoms with Crippen molar-refractivity contribution in [2.75, 3.05) is 18.4 Å². The first-order chi connectivity index (χ1) is 14.5. The molecule has 2 aliphatic rings. The molecule has 0 radical (unpaired) electrons. The normalized spacial score (nSPS) is 16.8. The molecule has 0 spiro atoms. The number of hydrogen-bond acceptors (Lipinski definition) is 7. The summed E-state index contributed by atoms with van der Waals surface area (Å²) >= 11 is 1.01. The zero-order chi connectivity index (χ0) is 20.7. The third-order valence-corrected chi connectivity index (χ3v) is 7.71. The fourth-order valence-corrected chi connectivity index (χ4v) is 5.67. The van der Waals surface area contributed by atoms with Crippen molar-refractivity contribution in [1.82, 2.24) is 18.6 Å². The van der Waals surface area contributed by atoms with Crippen molar-refractivity contribution in [2.24, 2.45) is 0 Å². The Labute approximate surface area is 179 Å². The van der Waals surface area contributed by atoms with Crippen LogP contribution in [-0.2, 0) is 23.2 Å². The Balaban J connectivity index is 1.45. The average Bonchev–Trinajstić information content (AvgIpc) is 3.49. The lowest BCUT2D eigenvalue weighted by molar-refractivity contribution is 0.394. The molecule has 5 rings (SSSR count). The van der Waals surface area contributed by atoms with Gasteiger partial charge in [0.2, 0.25) is 5.13 Å². The van der Waals surface area contributed by atoms with Gasteiger partial charge in [-0.2, -0.15) is 17.1 Å². The topological polar surface area (TPSA) is 97.3 Å². The van der Waals surface area contributed by atoms with Crippen LogP contribution < -0.4 is 9.46 Å². The molecular formula is C20H21N5O3S2. The van der Waals surface area contributed by atoms with Crippen LogP contribution in [0.3, 0.4) is 0 Å². The van der Waals surface area contributed by atoms with E-state index in [1.54, 1.807) is 13.3 Å². The molecule has 156 valence electrons. The van der Waals surface area contributed by atoms with Gasteiger partial charge in [0, 0.05) is 36.4 Å². The molecule has 1 aliphatic carbocycles. The van der Waals surface area contributed by atoms with E-state index in [1.807, 2.05) is 6.07 Å². The van der Waals surface area contributed by atoms with E-state index in [0.29, 0.717) is 18.9 Å². The molecule has 30 heavy (non-hydrogen) atoms. The van der Waals surface area contributed by atoms with Crippen LogP contribution in [0.15, 0.2) is 36.8 Å². The van der Waals surface area contributed by atoms with E-state index in [-0.39, 0.29) is 11.7 Å². The van der Waals surface area contributed by atoms with Gasteiger partial charge in [0.1, 0.15) is 12.1 Å². The summed E-state index contributed by atoms with van der Waals surface area (Å²) in [7, 11) is -2.02. The van der Waals surface area contributed by atoms with Gasteiger partial charge in [-0.15, -0.1) is 0 Å². The molecule has 1 aromatic carbocycles. The van der Waals surface area contributed by atoms with Gasteiger partial charge in [-0.1, -0.05) is 6.07 Å². The Morgan fingerprint density at radius 3 is 2.83 bits per heavy atom. The molecule has 0 unspecified atom stereocenters. The Morgan fingerprint density at radius 1 is 1.23 bits per heavy atom. The second-order valence-corrected chi connectivity index (χ2v) is 9.92. The Hall–Kier alpha value is -2.56. The van der Waals surface area contributed by atoms with Crippen LogP contribution in [0.1, 0.15) is 35.4 Å². The molecule has 2 aromatic heterocycles. The third-order valence-electron chi connectivity index (χ3n) is 5.56. The summed E-state index contributed by atoms with van der Waals surface area (Å²) in [6, 6.07) is 8.23. The van der Waals surface area contributed by atoms with Crippen LogP contribution in [0, 0.1) is 0 Å². The summed E-state index contributed by atoms with van der Waals surface area (Å²) in [5.74, 6) is 1.46. The van der Waals surface area contributed by atoms with Crippen LogP contribution >= 0.6 is 11.5 Å². The standard InChI is InChI=1S/C20H21N5O3S2/c1-28-18-10-14(13-2-3-13)4-5-17(18)19-16-7-9-25(11-15(16)6-8-21-19)30(26,27)24-20-22-12-23-29-20/h4-6,8,10,12-13H,2-3,7,9,11H2,1H3,(H,22,23,24). The minimum Gasteiger partial charge on any atom is -0.496 e. The lowest BCUT2D eigenvalue weighted by Crippen LogP contribution is -2.39. The molecule has 10 heteroatoms. The molecule has 0 saturated heterocycles. The molecule has 1 N–H and O–H groups in total. The van der Waals surface area contributed by atoms with E-state index in [9.17, 15) is 8.42 Å². The molecule has 0 amide bonds. The average molecular weight is 444 g/mol. The number of aromatic nitrogens is 3. The van der Waals surface area contributed by atoms with Crippen molar-refractivity contribution < 1.29 is 13.2 Å². The predicted molar refractivity (Wildman–Crippen MR) is 115 cm³/mol. The fourth-order valence-electron chi connectivity index (χ4n) is 3.87. The predicted octanol–water partition coefficient (Wildman–Crippen LogP) is 3.20. The van der Waals surface area contributed by atoms with Crippen LogP contribution in [-0.4, -0.2) is 40.7 Å². The van der Waals surface area contributed by atoms with Crippen LogP contribution in [0.25, 0.3) is 11.3 Å². The summed E-state index contributed by atoms with van der Waals surface area (Å²) in [4.78, 5) is 8.53. The van der Waals surface area contributed by atoms with Gasteiger partial charge in [-0.05, 0) is 60.1 Å². The Bertz CT molecular complexity index is 1180. The Kier molecular flexibility index (Phi) is 4.92. The van der Waals surface area contributed by atoms with Gasteiger partial charge in [0.05, 0.1) is 12.8 Å². The monoisotopic (exact) mass is 443 g/mol. The number of rotatable bonds is 6. The number of nitrogens with zero attached hydrogens (tertiary/aromatic N) is 4. The molecule has 8 nitrogen and oxygen atoms in total. The highest BCUT2D eigenvalue weighted by atomic mass is 32.2. The summed E-state index contributed by atoms with van der Waals surface area (Å²) in [6.45, 7) is 0.643. The number of benzene rings is 1. The zero-order valence-electron chi connectivity index (χ0n) is 16.4. The van der Waals surface area contributed by atoms with E-state index in [0.717, 1.165) is 39.7 Å². The largest absolute Gasteiger partial charge is 0.496 e. The second kappa shape index (κ2) is 7.60. The van der Waals surface area contributed by atoms with E-state index in [1.165, 1.54) is 29.0 Å². The van der Waals surface area contributed by atoms with E-state index in [4.69, 9.17) is 4.74 Å². The highest BCUT2D eigenvalue weighted by Gasteiger charge is 2.30. The van der Waals surface area contributed by atoms with Crippen molar-refractivity contribution in [1.29, 1.82) is 0 Å². The molecule has 1 saturated carbocycles. The minimum absolute atomic E-state index is 0.261. The van der Waals surface area contributed by atoms with Crippen molar-refractivity contribution in [3.05, 3.63) is 53.5 Å². The molecule has 3 heterocycles. The third kappa shape index (κ3) is 3.66. The van der Waals surface area contributed by atoms with Gasteiger partial charge >= 0.3 is 10.2 Å². The van der Waals surface area contributed by atoms with Gasteiger partial charge < -0.3 is 4.74 Å². The fraction of sp³-hybridized carbons (Fsp3) is 0.350. The first-order valence-electron chi connectivity index (χ1n) is 9.75. The molecule has 3 aromatic rings.